The molecule has 0 fully saturated rings. The molecular formula is C19H23NO4S2. The third kappa shape index (κ3) is 4.05. The summed E-state index contributed by atoms with van der Waals surface area (Å²) in [6.45, 7) is 4.91. The first-order valence-corrected chi connectivity index (χ1v) is 10.5. The van der Waals surface area contributed by atoms with Gasteiger partial charge < -0.3 is 14.0 Å². The van der Waals surface area contributed by atoms with Crippen LogP contribution in [0.1, 0.15) is 41.9 Å². The predicted molar refractivity (Wildman–Crippen MR) is 105 cm³/mol. The highest BCUT2D eigenvalue weighted by Gasteiger charge is 2.21. The van der Waals surface area contributed by atoms with Gasteiger partial charge in [0.05, 0.1) is 6.61 Å². The molecule has 0 saturated heterocycles. The molecule has 0 aromatic carbocycles. The summed E-state index contributed by atoms with van der Waals surface area (Å²) in [7, 11) is 1.65. The molecule has 1 aliphatic rings. The number of aromatic nitrogens is 1. The fourth-order valence-electron chi connectivity index (χ4n) is 3.14. The van der Waals surface area contributed by atoms with Crippen molar-refractivity contribution in [1.82, 2.24) is 4.57 Å². The molecule has 0 spiro atoms. The SMILES string of the molecule is COCCn1c(C)cc(C(=O)COC(=O)c2cc3c(s2)CCSC3)c1C. The Kier molecular flexibility index (Phi) is 6.21. The summed E-state index contributed by atoms with van der Waals surface area (Å²) in [6, 6.07) is 3.76. The van der Waals surface area contributed by atoms with E-state index in [9.17, 15) is 9.59 Å². The highest BCUT2D eigenvalue weighted by Crippen LogP contribution is 2.32. The van der Waals surface area contributed by atoms with Gasteiger partial charge in [-0.15, -0.1) is 11.3 Å². The van der Waals surface area contributed by atoms with E-state index in [1.165, 1.54) is 21.8 Å². The number of methoxy groups -OCH3 is 1. The quantitative estimate of drug-likeness (QED) is 0.531. The van der Waals surface area contributed by atoms with Crippen molar-refractivity contribution in [2.24, 2.45) is 0 Å². The second-order valence-electron chi connectivity index (χ2n) is 6.29. The lowest BCUT2D eigenvalue weighted by atomic mass is 10.1. The van der Waals surface area contributed by atoms with E-state index in [1.54, 1.807) is 7.11 Å². The van der Waals surface area contributed by atoms with Gasteiger partial charge in [0, 0.05) is 41.2 Å². The number of rotatable bonds is 7. The number of ether oxygens (including phenoxy) is 2. The van der Waals surface area contributed by atoms with Crippen LogP contribution in [0.15, 0.2) is 12.1 Å². The lowest BCUT2D eigenvalue weighted by molar-refractivity contribution is 0.0479. The number of hydrogen-bond donors (Lipinski definition) is 0. The first kappa shape index (κ1) is 19.2. The topological polar surface area (TPSA) is 57.5 Å². The molecule has 0 saturated carbocycles. The van der Waals surface area contributed by atoms with Gasteiger partial charge in [-0.1, -0.05) is 0 Å². The Morgan fingerprint density at radius 1 is 1.27 bits per heavy atom. The largest absolute Gasteiger partial charge is 0.453 e. The summed E-state index contributed by atoms with van der Waals surface area (Å²) in [5, 5.41) is 0. The second-order valence-corrected chi connectivity index (χ2v) is 8.53. The van der Waals surface area contributed by atoms with Crippen molar-refractivity contribution in [3.8, 4) is 0 Å². The van der Waals surface area contributed by atoms with Crippen LogP contribution < -0.4 is 0 Å². The lowest BCUT2D eigenvalue weighted by Gasteiger charge is -2.08. The van der Waals surface area contributed by atoms with E-state index in [1.807, 2.05) is 42.3 Å². The van der Waals surface area contributed by atoms with Crippen molar-refractivity contribution in [1.29, 1.82) is 0 Å². The van der Waals surface area contributed by atoms with Crippen LogP contribution in [0.25, 0.3) is 0 Å². The zero-order valence-corrected chi connectivity index (χ0v) is 16.9. The number of aryl methyl sites for hydroxylation is 2. The van der Waals surface area contributed by atoms with E-state index >= 15 is 0 Å². The van der Waals surface area contributed by atoms with Gasteiger partial charge in [0.2, 0.25) is 5.78 Å². The summed E-state index contributed by atoms with van der Waals surface area (Å²) < 4.78 is 12.4. The molecule has 0 radical (unpaired) electrons. The number of ketones is 1. The smallest absolute Gasteiger partial charge is 0.348 e. The molecule has 0 atom stereocenters. The molecule has 140 valence electrons. The number of carbonyl (C=O) groups excluding carboxylic acids is 2. The van der Waals surface area contributed by atoms with Crippen LogP contribution in [-0.2, 0) is 28.2 Å². The summed E-state index contributed by atoms with van der Waals surface area (Å²) in [4.78, 5) is 26.7. The molecule has 1 aliphatic heterocycles. The summed E-state index contributed by atoms with van der Waals surface area (Å²) in [5.41, 5.74) is 3.71. The van der Waals surface area contributed by atoms with Crippen LogP contribution in [0, 0.1) is 13.8 Å². The van der Waals surface area contributed by atoms with Crippen LogP contribution in [0.5, 0.6) is 0 Å². The first-order valence-electron chi connectivity index (χ1n) is 8.56. The molecule has 2 aromatic heterocycles. The Balaban J connectivity index is 1.63. The third-order valence-electron chi connectivity index (χ3n) is 4.56. The Morgan fingerprint density at radius 2 is 2.08 bits per heavy atom. The Morgan fingerprint density at radius 3 is 2.81 bits per heavy atom. The molecule has 26 heavy (non-hydrogen) atoms. The van der Waals surface area contributed by atoms with Crippen molar-refractivity contribution in [3.05, 3.63) is 44.4 Å². The number of fused-ring (bicyclic) bond motifs is 1. The highest BCUT2D eigenvalue weighted by atomic mass is 32.2. The molecule has 5 nitrogen and oxygen atoms in total. The van der Waals surface area contributed by atoms with Crippen LogP contribution in [0.4, 0.5) is 0 Å². The molecule has 0 amide bonds. The summed E-state index contributed by atoms with van der Waals surface area (Å²) >= 11 is 3.37. The van der Waals surface area contributed by atoms with Gasteiger partial charge in [0.15, 0.2) is 6.61 Å². The number of esters is 1. The summed E-state index contributed by atoms with van der Waals surface area (Å²) in [5.74, 6) is 1.47. The van der Waals surface area contributed by atoms with Crippen molar-refractivity contribution in [2.75, 3.05) is 26.1 Å². The third-order valence-corrected chi connectivity index (χ3v) is 6.78. The Hall–Kier alpha value is -1.57. The monoisotopic (exact) mass is 393 g/mol. The van der Waals surface area contributed by atoms with Crippen LogP contribution >= 0.6 is 23.1 Å². The minimum Gasteiger partial charge on any atom is -0.453 e. The van der Waals surface area contributed by atoms with E-state index < -0.39 is 5.97 Å². The second kappa shape index (κ2) is 8.41. The average molecular weight is 394 g/mol. The van der Waals surface area contributed by atoms with Crippen molar-refractivity contribution >= 4 is 34.9 Å². The van der Waals surface area contributed by atoms with Gasteiger partial charge in [-0.25, -0.2) is 4.79 Å². The Labute approximate surface area is 161 Å². The molecule has 0 aliphatic carbocycles. The molecule has 2 aromatic rings. The molecule has 3 heterocycles. The fourth-order valence-corrected chi connectivity index (χ4v) is 5.40. The fraction of sp³-hybridized carbons (Fsp3) is 0.474. The molecule has 0 bridgehead atoms. The van der Waals surface area contributed by atoms with Crippen molar-refractivity contribution in [3.63, 3.8) is 0 Å². The molecule has 3 rings (SSSR count). The molecule has 7 heteroatoms. The molecular weight excluding hydrogens is 370 g/mol. The number of Topliss-reactive ketones (excluding diaryl/α,β-unsaturated/α-hetero) is 1. The normalized spacial score (nSPS) is 13.5. The summed E-state index contributed by atoms with van der Waals surface area (Å²) in [6.07, 6.45) is 1.00. The van der Waals surface area contributed by atoms with Crippen LogP contribution in [-0.4, -0.2) is 42.4 Å². The van der Waals surface area contributed by atoms with E-state index in [4.69, 9.17) is 9.47 Å². The zero-order chi connectivity index (χ0) is 18.7. The average Bonchev–Trinajstić information content (AvgIpc) is 3.19. The van der Waals surface area contributed by atoms with E-state index in [0.29, 0.717) is 23.6 Å². The number of carbonyl (C=O) groups is 2. The minimum absolute atomic E-state index is 0.174. The van der Waals surface area contributed by atoms with Crippen molar-refractivity contribution in [2.45, 2.75) is 32.6 Å². The number of nitrogens with zero attached hydrogens (tertiary/aromatic N) is 1. The number of thiophene rings is 1. The maximum atomic E-state index is 12.5. The zero-order valence-electron chi connectivity index (χ0n) is 15.3. The molecule has 0 unspecified atom stereocenters. The van der Waals surface area contributed by atoms with E-state index in [0.717, 1.165) is 29.3 Å². The van der Waals surface area contributed by atoms with E-state index in [2.05, 4.69) is 0 Å². The highest BCUT2D eigenvalue weighted by molar-refractivity contribution is 7.98. The van der Waals surface area contributed by atoms with Crippen molar-refractivity contribution < 1.29 is 19.1 Å². The number of thioether (sulfide) groups is 1. The van der Waals surface area contributed by atoms with Gasteiger partial charge in [-0.05, 0) is 43.7 Å². The minimum atomic E-state index is -0.407. The van der Waals surface area contributed by atoms with Crippen LogP contribution in [0.3, 0.4) is 0 Å². The first-order chi connectivity index (χ1) is 12.5. The van der Waals surface area contributed by atoms with Gasteiger partial charge in [-0.2, -0.15) is 11.8 Å². The van der Waals surface area contributed by atoms with Gasteiger partial charge in [-0.3, -0.25) is 4.79 Å². The Bertz CT molecular complexity index is 798. The van der Waals surface area contributed by atoms with Gasteiger partial charge >= 0.3 is 5.97 Å². The standard InChI is InChI=1S/C19H23NO4S2/c1-12-8-15(13(2)20(12)5-6-23-3)16(21)10-24-19(22)18-9-14-11-25-7-4-17(14)26-18/h8-9H,4-7,10-11H2,1-3H3. The molecule has 0 N–H and O–H groups in total. The lowest BCUT2D eigenvalue weighted by Crippen LogP contribution is -2.15. The predicted octanol–water partition coefficient (Wildman–Crippen LogP) is 3.64. The van der Waals surface area contributed by atoms with Crippen LogP contribution in [0.2, 0.25) is 0 Å². The van der Waals surface area contributed by atoms with Gasteiger partial charge in [0.25, 0.3) is 0 Å². The maximum Gasteiger partial charge on any atom is 0.348 e. The maximum absolute atomic E-state index is 12.5. The van der Waals surface area contributed by atoms with E-state index in [-0.39, 0.29) is 12.4 Å². The number of hydrogen-bond acceptors (Lipinski definition) is 6. The van der Waals surface area contributed by atoms with Gasteiger partial charge in [0.1, 0.15) is 4.88 Å².